The SMILES string of the molecule is CCOC(=O)c1sc(NC(=O)[C@H]2CC(c3cccc(F)c3)=NO2)nc1C. The van der Waals surface area contributed by atoms with Crippen molar-refractivity contribution in [2.45, 2.75) is 26.4 Å². The van der Waals surface area contributed by atoms with Crippen molar-refractivity contribution in [1.29, 1.82) is 0 Å². The third-order valence-corrected chi connectivity index (χ3v) is 4.66. The molecule has 2 heterocycles. The third-order valence-electron chi connectivity index (χ3n) is 3.61. The van der Waals surface area contributed by atoms with Crippen LogP contribution < -0.4 is 5.32 Å². The van der Waals surface area contributed by atoms with Gasteiger partial charge < -0.3 is 9.57 Å². The molecule has 26 heavy (non-hydrogen) atoms. The Balaban J connectivity index is 1.63. The van der Waals surface area contributed by atoms with Crippen molar-refractivity contribution in [2.24, 2.45) is 5.16 Å². The van der Waals surface area contributed by atoms with E-state index in [1.54, 1.807) is 26.0 Å². The fraction of sp³-hybridized carbons (Fsp3) is 0.294. The second-order valence-electron chi connectivity index (χ2n) is 5.49. The predicted molar refractivity (Wildman–Crippen MR) is 93.9 cm³/mol. The molecule has 0 spiro atoms. The summed E-state index contributed by atoms with van der Waals surface area (Å²) in [4.78, 5) is 33.8. The van der Waals surface area contributed by atoms with Gasteiger partial charge in [0.25, 0.3) is 5.91 Å². The first-order valence-corrected chi connectivity index (χ1v) is 8.73. The lowest BCUT2D eigenvalue weighted by Gasteiger charge is -2.07. The number of carbonyl (C=O) groups excluding carboxylic acids is 2. The Kier molecular flexibility index (Phi) is 5.27. The van der Waals surface area contributed by atoms with Crippen molar-refractivity contribution in [3.63, 3.8) is 0 Å². The summed E-state index contributed by atoms with van der Waals surface area (Å²) >= 11 is 1.03. The minimum atomic E-state index is -0.844. The van der Waals surface area contributed by atoms with Gasteiger partial charge in [0, 0.05) is 12.0 Å². The molecule has 1 aromatic heterocycles. The molecule has 3 rings (SSSR count). The average Bonchev–Trinajstić information content (AvgIpc) is 3.22. The first-order valence-electron chi connectivity index (χ1n) is 7.92. The van der Waals surface area contributed by atoms with E-state index in [9.17, 15) is 14.0 Å². The Morgan fingerprint density at radius 1 is 1.46 bits per heavy atom. The van der Waals surface area contributed by atoms with E-state index in [4.69, 9.17) is 9.57 Å². The zero-order chi connectivity index (χ0) is 18.7. The fourth-order valence-electron chi connectivity index (χ4n) is 2.38. The van der Waals surface area contributed by atoms with Crippen LogP contribution in [0.15, 0.2) is 29.4 Å². The maximum Gasteiger partial charge on any atom is 0.350 e. The number of hydrogen-bond donors (Lipinski definition) is 1. The number of hydrogen-bond acceptors (Lipinski definition) is 7. The molecule has 1 aliphatic rings. The Bertz CT molecular complexity index is 881. The molecule has 1 amide bonds. The monoisotopic (exact) mass is 377 g/mol. The Labute approximate surface area is 152 Å². The molecule has 1 aromatic carbocycles. The van der Waals surface area contributed by atoms with Gasteiger partial charge in [-0.15, -0.1) is 0 Å². The van der Waals surface area contributed by atoms with Gasteiger partial charge in [0.05, 0.1) is 18.0 Å². The van der Waals surface area contributed by atoms with Crippen LogP contribution in [0.2, 0.25) is 0 Å². The van der Waals surface area contributed by atoms with Gasteiger partial charge in [-0.05, 0) is 26.0 Å². The molecule has 0 aliphatic carbocycles. The number of oxime groups is 1. The first kappa shape index (κ1) is 18.0. The topological polar surface area (TPSA) is 89.9 Å². The summed E-state index contributed by atoms with van der Waals surface area (Å²) < 4.78 is 18.2. The number of aromatic nitrogens is 1. The van der Waals surface area contributed by atoms with E-state index >= 15 is 0 Å². The van der Waals surface area contributed by atoms with Crippen molar-refractivity contribution in [2.75, 3.05) is 11.9 Å². The van der Waals surface area contributed by atoms with Gasteiger partial charge in [0.1, 0.15) is 10.7 Å². The van der Waals surface area contributed by atoms with E-state index < -0.39 is 18.0 Å². The Morgan fingerprint density at radius 3 is 3.00 bits per heavy atom. The molecule has 0 saturated heterocycles. The first-order chi connectivity index (χ1) is 12.5. The Hall–Kier alpha value is -2.81. The molecule has 136 valence electrons. The summed E-state index contributed by atoms with van der Waals surface area (Å²) in [6.07, 6.45) is -0.631. The van der Waals surface area contributed by atoms with Gasteiger partial charge in [-0.1, -0.05) is 28.6 Å². The number of carbonyl (C=O) groups is 2. The molecule has 0 radical (unpaired) electrons. The lowest BCUT2D eigenvalue weighted by molar-refractivity contribution is -0.125. The number of ether oxygens (including phenoxy) is 1. The molecular formula is C17H16FN3O4S. The second-order valence-corrected chi connectivity index (χ2v) is 6.49. The minimum absolute atomic E-state index is 0.213. The van der Waals surface area contributed by atoms with E-state index in [0.717, 1.165) is 11.3 Å². The number of amides is 1. The van der Waals surface area contributed by atoms with Crippen LogP contribution in [-0.2, 0) is 14.4 Å². The van der Waals surface area contributed by atoms with Gasteiger partial charge in [-0.25, -0.2) is 14.2 Å². The molecule has 1 atom stereocenters. The number of rotatable bonds is 5. The van der Waals surface area contributed by atoms with Gasteiger partial charge in [-0.3, -0.25) is 10.1 Å². The van der Waals surface area contributed by atoms with Crippen LogP contribution in [0.1, 0.15) is 34.3 Å². The molecule has 7 nitrogen and oxygen atoms in total. The van der Waals surface area contributed by atoms with Gasteiger partial charge in [0.2, 0.25) is 6.10 Å². The number of nitrogens with one attached hydrogen (secondary N) is 1. The number of aryl methyl sites for hydroxylation is 1. The van der Waals surface area contributed by atoms with Crippen LogP contribution in [0.5, 0.6) is 0 Å². The van der Waals surface area contributed by atoms with Gasteiger partial charge in [-0.2, -0.15) is 0 Å². The molecular weight excluding hydrogens is 361 g/mol. The lowest BCUT2D eigenvalue weighted by Crippen LogP contribution is -2.28. The van der Waals surface area contributed by atoms with Gasteiger partial charge >= 0.3 is 5.97 Å². The fourth-order valence-corrected chi connectivity index (χ4v) is 3.24. The Morgan fingerprint density at radius 2 is 2.27 bits per heavy atom. The van der Waals surface area contributed by atoms with Crippen LogP contribution in [0, 0.1) is 12.7 Å². The molecule has 1 aliphatic heterocycles. The number of nitrogens with zero attached hydrogens (tertiary/aromatic N) is 2. The summed E-state index contributed by atoms with van der Waals surface area (Å²) in [5.41, 5.74) is 1.54. The van der Waals surface area contributed by atoms with Crippen molar-refractivity contribution >= 4 is 34.1 Å². The van der Waals surface area contributed by atoms with E-state index in [0.29, 0.717) is 21.8 Å². The van der Waals surface area contributed by atoms with Crippen molar-refractivity contribution in [1.82, 2.24) is 4.98 Å². The smallest absolute Gasteiger partial charge is 0.350 e. The predicted octanol–water partition coefficient (Wildman–Crippen LogP) is 2.90. The highest BCUT2D eigenvalue weighted by Gasteiger charge is 2.30. The van der Waals surface area contributed by atoms with E-state index in [1.165, 1.54) is 12.1 Å². The number of halogens is 1. The third kappa shape index (κ3) is 3.88. The highest BCUT2D eigenvalue weighted by atomic mass is 32.1. The second kappa shape index (κ2) is 7.61. The van der Waals surface area contributed by atoms with Crippen molar-refractivity contribution in [3.8, 4) is 0 Å². The molecule has 0 unspecified atom stereocenters. The maximum absolute atomic E-state index is 13.3. The highest BCUT2D eigenvalue weighted by Crippen LogP contribution is 2.25. The summed E-state index contributed by atoms with van der Waals surface area (Å²) in [7, 11) is 0. The van der Waals surface area contributed by atoms with Crippen molar-refractivity contribution < 1.29 is 23.6 Å². The molecule has 1 N–H and O–H groups in total. The lowest BCUT2D eigenvalue weighted by atomic mass is 10.0. The van der Waals surface area contributed by atoms with Crippen LogP contribution in [-0.4, -0.2) is 35.3 Å². The summed E-state index contributed by atoms with van der Waals surface area (Å²) in [5.74, 6) is -1.30. The van der Waals surface area contributed by atoms with Crippen LogP contribution >= 0.6 is 11.3 Å². The standard InChI is InChI=1S/C17H16FN3O4S/c1-3-24-16(23)14-9(2)19-17(26-14)20-15(22)13-8-12(21-25-13)10-5-4-6-11(18)7-10/h4-7,13H,3,8H2,1-2H3,(H,19,20,22)/t13-/m1/s1. The molecule has 9 heteroatoms. The average molecular weight is 377 g/mol. The number of anilines is 1. The number of benzene rings is 1. The molecule has 0 saturated carbocycles. The highest BCUT2D eigenvalue weighted by molar-refractivity contribution is 7.17. The quantitative estimate of drug-likeness (QED) is 0.809. The summed E-state index contributed by atoms with van der Waals surface area (Å²) in [6.45, 7) is 3.63. The van der Waals surface area contributed by atoms with Crippen LogP contribution in [0.25, 0.3) is 0 Å². The summed E-state index contributed by atoms with van der Waals surface area (Å²) in [5, 5.41) is 6.75. The van der Waals surface area contributed by atoms with Gasteiger partial charge in [0.15, 0.2) is 5.13 Å². The van der Waals surface area contributed by atoms with E-state index in [1.807, 2.05) is 0 Å². The molecule has 2 aromatic rings. The van der Waals surface area contributed by atoms with Crippen molar-refractivity contribution in [3.05, 3.63) is 46.2 Å². The maximum atomic E-state index is 13.3. The molecule has 0 fully saturated rings. The van der Waals surface area contributed by atoms with E-state index in [-0.39, 0.29) is 24.0 Å². The van der Waals surface area contributed by atoms with Crippen LogP contribution in [0.3, 0.4) is 0 Å². The zero-order valence-corrected chi connectivity index (χ0v) is 14.9. The number of thiazole rings is 1. The largest absolute Gasteiger partial charge is 0.462 e. The van der Waals surface area contributed by atoms with E-state index in [2.05, 4.69) is 15.5 Å². The summed E-state index contributed by atoms with van der Waals surface area (Å²) in [6, 6.07) is 5.92. The number of esters is 1. The van der Waals surface area contributed by atoms with Crippen LogP contribution in [0.4, 0.5) is 9.52 Å². The minimum Gasteiger partial charge on any atom is -0.462 e. The normalized spacial score (nSPS) is 16.0. The zero-order valence-electron chi connectivity index (χ0n) is 14.1. The molecule has 0 bridgehead atoms.